The van der Waals surface area contributed by atoms with Crippen molar-refractivity contribution in [2.45, 2.75) is 0 Å². The monoisotopic (exact) mass is 907 g/mol. The summed E-state index contributed by atoms with van der Waals surface area (Å²) in [6.45, 7) is 0. The normalized spacial score (nSPS) is 12.0. The predicted molar refractivity (Wildman–Crippen MR) is 299 cm³/mol. The van der Waals surface area contributed by atoms with Crippen molar-refractivity contribution in [2.24, 2.45) is 0 Å². The van der Waals surface area contributed by atoms with E-state index in [0.29, 0.717) is 0 Å². The van der Waals surface area contributed by atoms with Crippen LogP contribution in [0, 0.1) is 0 Å². The molecule has 0 saturated carbocycles. The van der Waals surface area contributed by atoms with E-state index in [2.05, 4.69) is 287 Å². The first-order chi connectivity index (χ1) is 34.8. The lowest BCUT2D eigenvalue weighted by Gasteiger charge is -2.34. The molecule has 0 N–H and O–H groups in total. The molecule has 0 aliphatic carbocycles. The van der Waals surface area contributed by atoms with Crippen LogP contribution in [0.15, 0.2) is 273 Å². The van der Waals surface area contributed by atoms with E-state index in [9.17, 15) is 0 Å². The fourth-order valence-corrected chi connectivity index (χ4v) is 16.6. The Labute approximate surface area is 407 Å². The van der Waals surface area contributed by atoms with Crippen LogP contribution in [0.1, 0.15) is 0 Å². The van der Waals surface area contributed by atoms with Crippen molar-refractivity contribution < 1.29 is 0 Å². The van der Waals surface area contributed by atoms with E-state index < -0.39 is 8.07 Å². The molecule has 0 fully saturated rings. The molecule has 14 rings (SSSR count). The van der Waals surface area contributed by atoms with Gasteiger partial charge in [-0.25, -0.2) is 0 Å². The van der Waals surface area contributed by atoms with Gasteiger partial charge in [0.25, 0.3) is 0 Å². The second-order valence-corrected chi connectivity index (χ2v) is 22.2. The molecule has 0 radical (unpaired) electrons. The smallest absolute Gasteiger partial charge is 0.179 e. The molecule has 3 aromatic heterocycles. The lowest BCUT2D eigenvalue weighted by molar-refractivity contribution is 1.13. The van der Waals surface area contributed by atoms with E-state index in [1.807, 2.05) is 0 Å². The molecule has 4 heteroatoms. The van der Waals surface area contributed by atoms with Crippen LogP contribution in [0.4, 0.5) is 0 Å². The maximum absolute atomic E-state index is 2.73. The molecular formula is C66H45N3Si. The van der Waals surface area contributed by atoms with Crippen molar-refractivity contribution in [1.29, 1.82) is 0 Å². The van der Waals surface area contributed by atoms with E-state index in [1.165, 1.54) is 91.8 Å². The second-order valence-electron chi connectivity index (χ2n) is 18.4. The zero-order valence-electron chi connectivity index (χ0n) is 38.3. The van der Waals surface area contributed by atoms with Crippen molar-refractivity contribution in [3.63, 3.8) is 0 Å². The summed E-state index contributed by atoms with van der Waals surface area (Å²) in [5.41, 5.74) is 12.9. The number of aromatic nitrogens is 3. The summed E-state index contributed by atoms with van der Waals surface area (Å²) in [6.07, 6.45) is 0. The Hall–Kier alpha value is -8.96. The standard InChI is InChI=1S/C66H45N3Si/c1-5-21-46(22-6-1)47-39-44-61-57(45-47)54-30-14-17-34-59(54)68(61)62-36-20-37-63-65(62)56-31-15-18-35-60(56)69(63)64-38-19-32-55-53-29-13-16-33-58(53)67(66(55)64)48-40-42-52(43-41-48)70(49-23-7-2-8-24-49,50-25-9-3-10-26-50)51-27-11-4-12-28-51/h1-45H. The van der Waals surface area contributed by atoms with Crippen LogP contribution < -0.4 is 20.7 Å². The minimum absolute atomic E-state index is 1.13. The first kappa shape index (κ1) is 40.1. The van der Waals surface area contributed by atoms with Gasteiger partial charge in [0.05, 0.1) is 44.5 Å². The van der Waals surface area contributed by atoms with Gasteiger partial charge in [0.1, 0.15) is 0 Å². The fourth-order valence-electron chi connectivity index (χ4n) is 11.9. The van der Waals surface area contributed by atoms with E-state index >= 15 is 0 Å². The SMILES string of the molecule is c1ccc(-c2ccc3c(c2)c2ccccc2n3-c2cccc3c2c2ccccc2n3-c2cccc3c4ccccc4n(-c4ccc([Si](c5ccccc5)(c5ccccc5)c5ccccc5)cc4)c23)cc1. The van der Waals surface area contributed by atoms with Crippen molar-refractivity contribution in [3.05, 3.63) is 273 Å². The maximum Gasteiger partial charge on any atom is 0.179 e. The highest BCUT2D eigenvalue weighted by Crippen LogP contribution is 2.43. The topological polar surface area (TPSA) is 14.8 Å². The van der Waals surface area contributed by atoms with Gasteiger partial charge in [0.15, 0.2) is 8.07 Å². The first-order valence-corrected chi connectivity index (χ1v) is 26.2. The van der Waals surface area contributed by atoms with E-state index in [0.717, 1.165) is 22.6 Å². The van der Waals surface area contributed by atoms with E-state index in [-0.39, 0.29) is 0 Å². The van der Waals surface area contributed by atoms with Gasteiger partial charge < -0.3 is 13.7 Å². The summed E-state index contributed by atoms with van der Waals surface area (Å²) in [5, 5.41) is 12.8. The third-order valence-electron chi connectivity index (χ3n) is 14.8. The highest BCUT2D eigenvalue weighted by Gasteiger charge is 2.41. The van der Waals surface area contributed by atoms with Crippen LogP contribution in [0.3, 0.4) is 0 Å². The lowest BCUT2D eigenvalue weighted by atomic mass is 10.0. The quantitative estimate of drug-likeness (QED) is 0.107. The first-order valence-electron chi connectivity index (χ1n) is 24.2. The number of benzene rings is 11. The van der Waals surface area contributed by atoms with Crippen molar-refractivity contribution in [3.8, 4) is 28.2 Å². The van der Waals surface area contributed by atoms with Gasteiger partial charge >= 0.3 is 0 Å². The van der Waals surface area contributed by atoms with Gasteiger partial charge in [-0.1, -0.05) is 212 Å². The third-order valence-corrected chi connectivity index (χ3v) is 19.6. The Morgan fingerprint density at radius 3 is 1.30 bits per heavy atom. The van der Waals surface area contributed by atoms with E-state index in [1.54, 1.807) is 0 Å². The number of para-hydroxylation sites is 4. The zero-order valence-corrected chi connectivity index (χ0v) is 39.3. The van der Waals surface area contributed by atoms with Gasteiger partial charge in [0, 0.05) is 38.0 Å². The van der Waals surface area contributed by atoms with Crippen LogP contribution >= 0.6 is 0 Å². The molecule has 328 valence electrons. The van der Waals surface area contributed by atoms with Crippen molar-refractivity contribution in [1.82, 2.24) is 13.7 Å². The minimum atomic E-state index is -2.73. The van der Waals surface area contributed by atoms with E-state index in [4.69, 9.17) is 0 Å². The van der Waals surface area contributed by atoms with Gasteiger partial charge in [-0.3, -0.25) is 0 Å². The lowest BCUT2D eigenvalue weighted by Crippen LogP contribution is -2.74. The molecule has 0 saturated heterocycles. The number of hydrogen-bond acceptors (Lipinski definition) is 0. The molecular weight excluding hydrogens is 863 g/mol. The Kier molecular flexibility index (Phi) is 9.23. The number of rotatable bonds is 8. The Balaban J connectivity index is 1.01. The van der Waals surface area contributed by atoms with Gasteiger partial charge in [-0.05, 0) is 92.5 Å². The number of fused-ring (bicyclic) bond motifs is 9. The second kappa shape index (κ2) is 16.1. The molecule has 11 aromatic carbocycles. The number of hydrogen-bond donors (Lipinski definition) is 0. The predicted octanol–water partition coefficient (Wildman–Crippen LogP) is 14.0. The highest BCUT2D eigenvalue weighted by atomic mass is 28.3. The molecule has 3 heterocycles. The molecule has 70 heavy (non-hydrogen) atoms. The van der Waals surface area contributed by atoms with Crippen molar-refractivity contribution >= 4 is 94.2 Å². The highest BCUT2D eigenvalue weighted by molar-refractivity contribution is 7.19. The molecule has 0 amide bonds. The van der Waals surface area contributed by atoms with Gasteiger partial charge in [0.2, 0.25) is 0 Å². The third kappa shape index (κ3) is 5.94. The number of nitrogens with zero attached hydrogens (tertiary/aromatic N) is 3. The molecule has 0 aliphatic rings. The van der Waals surface area contributed by atoms with Gasteiger partial charge in [-0.15, -0.1) is 0 Å². The van der Waals surface area contributed by atoms with Gasteiger partial charge in [-0.2, -0.15) is 0 Å². The molecule has 0 unspecified atom stereocenters. The fraction of sp³-hybridized carbons (Fsp3) is 0. The minimum Gasteiger partial charge on any atom is -0.309 e. The molecule has 0 spiro atoms. The maximum atomic E-state index is 2.51. The average Bonchev–Trinajstić information content (AvgIpc) is 4.08. The Morgan fingerprint density at radius 2 is 0.671 bits per heavy atom. The van der Waals surface area contributed by atoms with Crippen LogP contribution in [-0.4, -0.2) is 21.8 Å². The Bertz CT molecular complexity index is 4170. The summed E-state index contributed by atoms with van der Waals surface area (Å²) in [7, 11) is -2.73. The molecule has 0 bridgehead atoms. The largest absolute Gasteiger partial charge is 0.309 e. The Morgan fingerprint density at radius 1 is 0.243 bits per heavy atom. The van der Waals surface area contributed by atoms with Crippen LogP contribution in [-0.2, 0) is 0 Å². The zero-order chi connectivity index (χ0) is 46.2. The molecule has 0 aliphatic heterocycles. The summed E-state index contributed by atoms with van der Waals surface area (Å²) in [6, 6.07) is 101. The summed E-state index contributed by atoms with van der Waals surface area (Å²) in [4.78, 5) is 0. The molecule has 0 atom stereocenters. The summed E-state index contributed by atoms with van der Waals surface area (Å²) < 4.78 is 7.50. The van der Waals surface area contributed by atoms with Crippen molar-refractivity contribution in [2.75, 3.05) is 0 Å². The molecule has 14 aromatic rings. The summed E-state index contributed by atoms with van der Waals surface area (Å²) in [5.74, 6) is 0. The average molecular weight is 908 g/mol. The molecule has 3 nitrogen and oxygen atoms in total. The van der Waals surface area contributed by atoms with Crippen LogP contribution in [0.2, 0.25) is 0 Å². The van der Waals surface area contributed by atoms with Crippen LogP contribution in [0.25, 0.3) is 93.6 Å². The van der Waals surface area contributed by atoms with Crippen LogP contribution in [0.5, 0.6) is 0 Å². The summed E-state index contributed by atoms with van der Waals surface area (Å²) >= 11 is 0.